The Balaban J connectivity index is 2.60. The molecule has 7 heteroatoms. The van der Waals surface area contributed by atoms with Crippen molar-refractivity contribution in [2.45, 2.75) is 25.3 Å². The molecule has 22 heavy (non-hydrogen) atoms. The molecule has 1 aromatic rings. The number of carbonyl (C=O) groups excluding carboxylic acids is 2. The maximum Gasteiger partial charge on any atom is 0.252 e. The average molecular weight is 307 g/mol. The first-order valence-electron chi connectivity index (χ1n) is 7.21. The van der Waals surface area contributed by atoms with Crippen LogP contribution in [-0.2, 0) is 4.79 Å². The first-order valence-corrected chi connectivity index (χ1v) is 7.21. The van der Waals surface area contributed by atoms with Crippen molar-refractivity contribution in [3.05, 3.63) is 23.8 Å². The number of primary amides is 1. The minimum Gasteiger partial charge on any atom is -0.397 e. The molecule has 0 spiro atoms. The van der Waals surface area contributed by atoms with Gasteiger partial charge in [-0.3, -0.25) is 9.59 Å². The number of anilines is 2. The van der Waals surface area contributed by atoms with E-state index in [4.69, 9.17) is 17.2 Å². The summed E-state index contributed by atoms with van der Waals surface area (Å²) in [6, 6.07) is 3.91. The van der Waals surface area contributed by atoms with Crippen LogP contribution in [-0.4, -0.2) is 43.4 Å². The van der Waals surface area contributed by atoms with Gasteiger partial charge in [0, 0.05) is 5.56 Å². The lowest BCUT2D eigenvalue weighted by Crippen LogP contribution is -2.44. The summed E-state index contributed by atoms with van der Waals surface area (Å²) in [5.41, 5.74) is 17.7. The van der Waals surface area contributed by atoms with Crippen LogP contribution in [0.2, 0.25) is 0 Å². The van der Waals surface area contributed by atoms with Crippen molar-refractivity contribution < 1.29 is 9.59 Å². The van der Waals surface area contributed by atoms with Gasteiger partial charge in [-0.1, -0.05) is 0 Å². The molecule has 0 saturated carbocycles. The molecule has 7 N–H and O–H groups in total. The zero-order chi connectivity index (χ0) is 16.7. The van der Waals surface area contributed by atoms with Crippen molar-refractivity contribution in [2.75, 3.05) is 32.1 Å². The summed E-state index contributed by atoms with van der Waals surface area (Å²) in [5.74, 6) is -0.926. The van der Waals surface area contributed by atoms with Gasteiger partial charge < -0.3 is 27.4 Å². The van der Waals surface area contributed by atoms with E-state index in [1.54, 1.807) is 12.1 Å². The third kappa shape index (κ3) is 5.61. The number of carbonyl (C=O) groups is 2. The Morgan fingerprint density at radius 3 is 2.41 bits per heavy atom. The van der Waals surface area contributed by atoms with E-state index in [9.17, 15) is 9.59 Å². The SMILES string of the molecule is CN(C)CCCC[C@H](NC(=O)c1ccc(N)c(N)c1)C(N)=O. The van der Waals surface area contributed by atoms with Crippen LogP contribution in [0.15, 0.2) is 18.2 Å². The fourth-order valence-electron chi connectivity index (χ4n) is 2.02. The maximum absolute atomic E-state index is 12.1. The predicted octanol–water partition coefficient (Wildman–Crippen LogP) is 0.167. The highest BCUT2D eigenvalue weighted by molar-refractivity contribution is 5.98. The number of hydrogen-bond donors (Lipinski definition) is 4. The van der Waals surface area contributed by atoms with E-state index >= 15 is 0 Å². The number of amides is 2. The molecule has 2 amide bonds. The monoisotopic (exact) mass is 307 g/mol. The van der Waals surface area contributed by atoms with Gasteiger partial charge in [0.2, 0.25) is 5.91 Å². The third-order valence-corrected chi connectivity index (χ3v) is 3.35. The maximum atomic E-state index is 12.1. The molecule has 0 aliphatic rings. The first kappa shape index (κ1) is 17.8. The molecule has 1 rings (SSSR count). The fourth-order valence-corrected chi connectivity index (χ4v) is 2.02. The lowest BCUT2D eigenvalue weighted by molar-refractivity contribution is -0.120. The van der Waals surface area contributed by atoms with Crippen LogP contribution in [0.4, 0.5) is 11.4 Å². The van der Waals surface area contributed by atoms with Crippen LogP contribution in [0.5, 0.6) is 0 Å². The summed E-state index contributed by atoms with van der Waals surface area (Å²) in [7, 11) is 3.97. The number of nitrogen functional groups attached to an aromatic ring is 2. The standard InChI is InChI=1S/C15H25N5O2/c1-20(2)8-4-3-5-13(14(18)21)19-15(22)10-6-7-11(16)12(17)9-10/h6-7,9,13H,3-5,8,16-17H2,1-2H3,(H2,18,21)(H,19,22)/t13-/m0/s1. The van der Waals surface area contributed by atoms with Gasteiger partial charge >= 0.3 is 0 Å². The van der Waals surface area contributed by atoms with Crippen LogP contribution in [0.25, 0.3) is 0 Å². The highest BCUT2D eigenvalue weighted by Crippen LogP contribution is 2.16. The van der Waals surface area contributed by atoms with E-state index in [1.807, 2.05) is 14.1 Å². The molecule has 0 saturated heterocycles. The first-order chi connectivity index (χ1) is 10.3. The molecule has 0 aliphatic carbocycles. The molecule has 0 aliphatic heterocycles. The highest BCUT2D eigenvalue weighted by atomic mass is 16.2. The van der Waals surface area contributed by atoms with Crippen molar-refractivity contribution in [1.29, 1.82) is 0 Å². The topological polar surface area (TPSA) is 127 Å². The van der Waals surface area contributed by atoms with E-state index in [-0.39, 0.29) is 5.91 Å². The highest BCUT2D eigenvalue weighted by Gasteiger charge is 2.18. The Kier molecular flexibility index (Phi) is 6.65. The van der Waals surface area contributed by atoms with Gasteiger partial charge in [0.1, 0.15) is 6.04 Å². The number of nitrogens with zero attached hydrogens (tertiary/aromatic N) is 1. The molecule has 0 aromatic heterocycles. The number of nitrogens with two attached hydrogens (primary N) is 3. The van der Waals surface area contributed by atoms with Crippen LogP contribution >= 0.6 is 0 Å². The average Bonchev–Trinajstić information content (AvgIpc) is 2.44. The molecule has 122 valence electrons. The Morgan fingerprint density at radius 1 is 1.18 bits per heavy atom. The van der Waals surface area contributed by atoms with Crippen LogP contribution < -0.4 is 22.5 Å². The molecular weight excluding hydrogens is 282 g/mol. The third-order valence-electron chi connectivity index (χ3n) is 3.35. The van der Waals surface area contributed by atoms with Gasteiger partial charge in [0.25, 0.3) is 5.91 Å². The molecule has 0 radical (unpaired) electrons. The second-order valence-electron chi connectivity index (χ2n) is 5.57. The number of benzene rings is 1. The minimum absolute atomic E-state index is 0.328. The second kappa shape index (κ2) is 8.23. The Bertz CT molecular complexity index is 531. The quantitative estimate of drug-likeness (QED) is 0.402. The summed E-state index contributed by atoms with van der Waals surface area (Å²) < 4.78 is 0. The smallest absolute Gasteiger partial charge is 0.252 e. The Hall–Kier alpha value is -2.28. The molecule has 1 atom stereocenters. The van der Waals surface area contributed by atoms with E-state index in [0.29, 0.717) is 23.4 Å². The van der Waals surface area contributed by atoms with Gasteiger partial charge in [-0.05, 0) is 58.1 Å². The minimum atomic E-state index is -0.687. The number of rotatable bonds is 8. The normalized spacial score (nSPS) is 12.1. The summed E-state index contributed by atoms with van der Waals surface area (Å²) in [4.78, 5) is 25.7. The zero-order valence-corrected chi connectivity index (χ0v) is 13.1. The van der Waals surface area contributed by atoms with Gasteiger partial charge in [-0.15, -0.1) is 0 Å². The van der Waals surface area contributed by atoms with Gasteiger partial charge in [0.05, 0.1) is 11.4 Å². The molecule has 0 unspecified atom stereocenters. The van der Waals surface area contributed by atoms with Gasteiger partial charge in [0.15, 0.2) is 0 Å². The van der Waals surface area contributed by atoms with Crippen molar-refractivity contribution in [3.8, 4) is 0 Å². The second-order valence-corrected chi connectivity index (χ2v) is 5.57. The Morgan fingerprint density at radius 2 is 1.86 bits per heavy atom. The molecule has 0 fully saturated rings. The van der Waals surface area contributed by atoms with Gasteiger partial charge in [-0.25, -0.2) is 0 Å². The lowest BCUT2D eigenvalue weighted by atomic mass is 10.1. The number of unbranched alkanes of at least 4 members (excludes halogenated alkanes) is 1. The lowest BCUT2D eigenvalue weighted by Gasteiger charge is -2.16. The van der Waals surface area contributed by atoms with Gasteiger partial charge in [-0.2, -0.15) is 0 Å². The van der Waals surface area contributed by atoms with E-state index in [2.05, 4.69) is 10.2 Å². The fraction of sp³-hybridized carbons (Fsp3) is 0.467. The van der Waals surface area contributed by atoms with Crippen molar-refractivity contribution >= 4 is 23.2 Å². The molecule has 0 bridgehead atoms. The van der Waals surface area contributed by atoms with Crippen LogP contribution in [0.1, 0.15) is 29.6 Å². The molecule has 1 aromatic carbocycles. The van der Waals surface area contributed by atoms with Crippen molar-refractivity contribution in [2.24, 2.45) is 5.73 Å². The van der Waals surface area contributed by atoms with E-state index in [1.165, 1.54) is 6.07 Å². The zero-order valence-electron chi connectivity index (χ0n) is 13.1. The summed E-state index contributed by atoms with van der Waals surface area (Å²) in [5, 5.41) is 2.64. The van der Waals surface area contributed by atoms with Crippen molar-refractivity contribution in [3.63, 3.8) is 0 Å². The number of hydrogen-bond acceptors (Lipinski definition) is 5. The largest absolute Gasteiger partial charge is 0.397 e. The van der Waals surface area contributed by atoms with Crippen molar-refractivity contribution in [1.82, 2.24) is 10.2 Å². The van der Waals surface area contributed by atoms with E-state index in [0.717, 1.165) is 19.4 Å². The van der Waals surface area contributed by atoms with Crippen LogP contribution in [0.3, 0.4) is 0 Å². The molecule has 0 heterocycles. The number of nitrogens with one attached hydrogen (secondary N) is 1. The summed E-state index contributed by atoms with van der Waals surface area (Å²) in [6.07, 6.45) is 2.25. The van der Waals surface area contributed by atoms with E-state index < -0.39 is 11.9 Å². The summed E-state index contributed by atoms with van der Waals surface area (Å²) >= 11 is 0. The summed E-state index contributed by atoms with van der Waals surface area (Å²) in [6.45, 7) is 0.925. The predicted molar refractivity (Wildman–Crippen MR) is 88.1 cm³/mol. The molecular formula is C15H25N5O2. The Labute approximate surface area is 130 Å². The van der Waals surface area contributed by atoms with Crippen LogP contribution in [0, 0.1) is 0 Å². The molecule has 7 nitrogen and oxygen atoms in total.